The maximum absolute atomic E-state index is 12.2. The number of nitrogens with zero attached hydrogens (tertiary/aromatic N) is 2. The molecule has 0 unspecified atom stereocenters. The highest BCUT2D eigenvalue weighted by atomic mass is 35.5. The molecule has 0 N–H and O–H groups in total. The van der Waals surface area contributed by atoms with Gasteiger partial charge in [0.1, 0.15) is 5.60 Å². The van der Waals surface area contributed by atoms with Gasteiger partial charge in [-0.2, -0.15) is 0 Å². The number of hydrogen-bond donors (Lipinski definition) is 0. The summed E-state index contributed by atoms with van der Waals surface area (Å²) in [6.07, 6.45) is 3.00. The smallest absolute Gasteiger partial charge is 0.410 e. The van der Waals surface area contributed by atoms with Crippen LogP contribution >= 0.6 is 11.6 Å². The van der Waals surface area contributed by atoms with Crippen molar-refractivity contribution in [2.45, 2.75) is 59.1 Å². The lowest BCUT2D eigenvalue weighted by atomic mass is 9.97. The second-order valence-corrected chi connectivity index (χ2v) is 7.35. The first kappa shape index (κ1) is 18.8. The lowest BCUT2D eigenvalue weighted by Gasteiger charge is -2.33. The lowest BCUT2D eigenvalue weighted by molar-refractivity contribution is 0.0169. The standard InChI is InChI=1S/C17H27ClN2O2/c1-12(2)15(20(6)16(21)22-17(3,4)5)10-9-14-8-7-13(18)11-19-14/h7-8,11-12,15H,9-10H2,1-6H3/t15-/m1/s1. The van der Waals surface area contributed by atoms with Gasteiger partial charge in [-0.15, -0.1) is 0 Å². The maximum atomic E-state index is 12.2. The Kier molecular flexibility index (Phi) is 6.66. The van der Waals surface area contributed by atoms with Crippen molar-refractivity contribution in [3.8, 4) is 0 Å². The molecule has 0 aromatic carbocycles. The summed E-state index contributed by atoms with van der Waals surface area (Å²) in [5.41, 5.74) is 0.498. The van der Waals surface area contributed by atoms with E-state index in [4.69, 9.17) is 16.3 Å². The van der Waals surface area contributed by atoms with Crippen LogP contribution in [0.4, 0.5) is 4.79 Å². The molecule has 0 fully saturated rings. The number of rotatable bonds is 5. The number of pyridine rings is 1. The summed E-state index contributed by atoms with van der Waals surface area (Å²) in [5, 5.41) is 0.634. The Balaban J connectivity index is 2.68. The van der Waals surface area contributed by atoms with Crippen molar-refractivity contribution in [3.63, 3.8) is 0 Å². The van der Waals surface area contributed by atoms with Gasteiger partial charge in [-0.05, 0) is 51.7 Å². The van der Waals surface area contributed by atoms with E-state index >= 15 is 0 Å². The number of carbonyl (C=O) groups is 1. The fourth-order valence-electron chi connectivity index (χ4n) is 2.29. The normalized spacial score (nSPS) is 13.1. The van der Waals surface area contributed by atoms with Crippen molar-refractivity contribution in [3.05, 3.63) is 29.0 Å². The summed E-state index contributed by atoms with van der Waals surface area (Å²) < 4.78 is 5.45. The minimum absolute atomic E-state index is 0.104. The number of aromatic nitrogens is 1. The second-order valence-electron chi connectivity index (χ2n) is 6.91. The SMILES string of the molecule is CC(C)[C@@H](CCc1ccc(Cl)cn1)N(C)C(=O)OC(C)(C)C. The number of hydrogen-bond acceptors (Lipinski definition) is 3. The molecular formula is C17H27ClN2O2. The van der Waals surface area contributed by atoms with Gasteiger partial charge in [0, 0.05) is 25.0 Å². The summed E-state index contributed by atoms with van der Waals surface area (Å²) in [7, 11) is 1.80. The van der Waals surface area contributed by atoms with E-state index in [0.717, 1.165) is 18.5 Å². The fraction of sp³-hybridized carbons (Fsp3) is 0.647. The maximum Gasteiger partial charge on any atom is 0.410 e. The minimum atomic E-state index is -0.482. The number of carbonyl (C=O) groups excluding carboxylic acids is 1. The molecule has 0 spiro atoms. The molecule has 0 aliphatic carbocycles. The van der Waals surface area contributed by atoms with Crippen molar-refractivity contribution in [2.24, 2.45) is 5.92 Å². The van der Waals surface area contributed by atoms with E-state index in [1.807, 2.05) is 32.9 Å². The molecule has 0 saturated heterocycles. The van der Waals surface area contributed by atoms with Gasteiger partial charge in [0.2, 0.25) is 0 Å². The average molecular weight is 327 g/mol. The number of halogens is 1. The summed E-state index contributed by atoms with van der Waals surface area (Å²) in [4.78, 5) is 18.2. The summed E-state index contributed by atoms with van der Waals surface area (Å²) in [5.74, 6) is 0.338. The molecule has 1 rings (SSSR count). The Morgan fingerprint density at radius 1 is 1.36 bits per heavy atom. The molecule has 0 saturated carbocycles. The summed E-state index contributed by atoms with van der Waals surface area (Å²) in [6, 6.07) is 3.87. The predicted octanol–water partition coefficient (Wildman–Crippen LogP) is 4.56. The van der Waals surface area contributed by atoms with Crippen molar-refractivity contribution < 1.29 is 9.53 Å². The van der Waals surface area contributed by atoms with Crippen molar-refractivity contribution in [1.82, 2.24) is 9.88 Å². The average Bonchev–Trinajstić information content (AvgIpc) is 2.38. The highest BCUT2D eigenvalue weighted by Gasteiger charge is 2.27. The van der Waals surface area contributed by atoms with Gasteiger partial charge in [0.15, 0.2) is 0 Å². The molecule has 5 heteroatoms. The third-order valence-electron chi connectivity index (χ3n) is 3.43. The van der Waals surface area contributed by atoms with Crippen LogP contribution in [0, 0.1) is 5.92 Å². The molecule has 0 aliphatic heterocycles. The van der Waals surface area contributed by atoms with Crippen LogP contribution < -0.4 is 0 Å². The van der Waals surface area contributed by atoms with E-state index in [-0.39, 0.29) is 12.1 Å². The molecule has 0 bridgehead atoms. The molecule has 1 aromatic heterocycles. The van der Waals surface area contributed by atoms with E-state index in [1.54, 1.807) is 18.1 Å². The van der Waals surface area contributed by atoms with E-state index < -0.39 is 5.60 Å². The molecule has 124 valence electrons. The molecule has 1 atom stereocenters. The number of aryl methyl sites for hydroxylation is 1. The van der Waals surface area contributed by atoms with Gasteiger partial charge in [-0.25, -0.2) is 4.79 Å². The van der Waals surface area contributed by atoms with E-state index in [9.17, 15) is 4.79 Å². The number of ether oxygens (including phenoxy) is 1. The van der Waals surface area contributed by atoms with Crippen molar-refractivity contribution >= 4 is 17.7 Å². The first-order chi connectivity index (χ1) is 10.1. The fourth-order valence-corrected chi connectivity index (χ4v) is 2.41. The Labute approximate surface area is 138 Å². The zero-order valence-electron chi connectivity index (χ0n) is 14.4. The van der Waals surface area contributed by atoms with Gasteiger partial charge in [0.25, 0.3) is 0 Å². The quantitative estimate of drug-likeness (QED) is 0.796. The van der Waals surface area contributed by atoms with Crippen LogP contribution in [0.3, 0.4) is 0 Å². The highest BCUT2D eigenvalue weighted by Crippen LogP contribution is 2.19. The molecule has 1 heterocycles. The van der Waals surface area contributed by atoms with E-state index in [1.165, 1.54) is 0 Å². The largest absolute Gasteiger partial charge is 0.444 e. The van der Waals surface area contributed by atoms with Crippen LogP contribution in [-0.2, 0) is 11.2 Å². The van der Waals surface area contributed by atoms with Crippen LogP contribution in [0.2, 0.25) is 5.02 Å². The second kappa shape index (κ2) is 7.82. The Morgan fingerprint density at radius 2 is 2.00 bits per heavy atom. The Hall–Kier alpha value is -1.29. The van der Waals surface area contributed by atoms with Crippen molar-refractivity contribution in [1.29, 1.82) is 0 Å². The van der Waals surface area contributed by atoms with Crippen molar-refractivity contribution in [2.75, 3.05) is 7.05 Å². The first-order valence-electron chi connectivity index (χ1n) is 7.66. The van der Waals surface area contributed by atoms with E-state index in [0.29, 0.717) is 10.9 Å². The van der Waals surface area contributed by atoms with Crippen LogP contribution in [0.5, 0.6) is 0 Å². The topological polar surface area (TPSA) is 42.4 Å². The molecule has 1 aromatic rings. The zero-order chi connectivity index (χ0) is 16.9. The molecule has 22 heavy (non-hydrogen) atoms. The van der Waals surface area contributed by atoms with Crippen LogP contribution in [0.25, 0.3) is 0 Å². The minimum Gasteiger partial charge on any atom is -0.444 e. The van der Waals surface area contributed by atoms with Gasteiger partial charge in [-0.3, -0.25) is 4.98 Å². The third-order valence-corrected chi connectivity index (χ3v) is 3.66. The Morgan fingerprint density at radius 3 is 2.45 bits per heavy atom. The number of amides is 1. The highest BCUT2D eigenvalue weighted by molar-refractivity contribution is 6.30. The molecule has 0 radical (unpaired) electrons. The lowest BCUT2D eigenvalue weighted by Crippen LogP contribution is -2.43. The molecule has 1 amide bonds. The van der Waals surface area contributed by atoms with Crippen LogP contribution in [-0.4, -0.2) is 34.7 Å². The predicted molar refractivity (Wildman–Crippen MR) is 90.2 cm³/mol. The summed E-state index contributed by atoms with van der Waals surface area (Å²) in [6.45, 7) is 9.85. The Bertz CT molecular complexity index is 480. The van der Waals surface area contributed by atoms with Gasteiger partial charge >= 0.3 is 6.09 Å². The third kappa shape index (κ3) is 6.22. The van der Waals surface area contributed by atoms with Gasteiger partial charge in [-0.1, -0.05) is 25.4 Å². The van der Waals surface area contributed by atoms with Crippen LogP contribution in [0.15, 0.2) is 18.3 Å². The first-order valence-corrected chi connectivity index (χ1v) is 8.04. The molecule has 0 aliphatic rings. The van der Waals surface area contributed by atoms with Gasteiger partial charge in [0.05, 0.1) is 5.02 Å². The monoisotopic (exact) mass is 326 g/mol. The molecular weight excluding hydrogens is 300 g/mol. The van der Waals surface area contributed by atoms with Crippen LogP contribution in [0.1, 0.15) is 46.7 Å². The van der Waals surface area contributed by atoms with Gasteiger partial charge < -0.3 is 9.64 Å². The molecule has 4 nitrogen and oxygen atoms in total. The summed E-state index contributed by atoms with van der Waals surface area (Å²) >= 11 is 5.85. The van der Waals surface area contributed by atoms with E-state index in [2.05, 4.69) is 18.8 Å². The zero-order valence-corrected chi connectivity index (χ0v) is 15.1.